The van der Waals surface area contributed by atoms with Crippen LogP contribution in [0.3, 0.4) is 0 Å². The zero-order chi connectivity index (χ0) is 22.0. The molecule has 3 aromatic rings. The van der Waals surface area contributed by atoms with Gasteiger partial charge in [-0.1, -0.05) is 62.3 Å². The Kier molecular flexibility index (Phi) is 5.72. The lowest BCUT2D eigenvalue weighted by Gasteiger charge is -2.10. The number of ketones is 1. The molecule has 0 bridgehead atoms. The molecule has 0 amide bonds. The number of benzene rings is 2. The SMILES string of the molecule is CC(C)(C)c1noc(CCCC(=O)OCC(=O)c2ccc3c(c2)-c2ccccc2C3)n1. The summed E-state index contributed by atoms with van der Waals surface area (Å²) < 4.78 is 10.4. The topological polar surface area (TPSA) is 82.3 Å². The van der Waals surface area contributed by atoms with Crippen LogP contribution in [0.15, 0.2) is 47.0 Å². The zero-order valence-electron chi connectivity index (χ0n) is 18.1. The highest BCUT2D eigenvalue weighted by atomic mass is 16.5. The number of hydrogen-bond donors (Lipinski definition) is 0. The van der Waals surface area contributed by atoms with Gasteiger partial charge in [-0.25, -0.2) is 0 Å². The first-order chi connectivity index (χ1) is 14.8. The van der Waals surface area contributed by atoms with Crippen molar-refractivity contribution in [1.82, 2.24) is 10.1 Å². The van der Waals surface area contributed by atoms with Crippen LogP contribution in [-0.4, -0.2) is 28.5 Å². The summed E-state index contributed by atoms with van der Waals surface area (Å²) in [5.74, 6) is 0.544. The van der Waals surface area contributed by atoms with Gasteiger partial charge in [0.25, 0.3) is 0 Å². The third kappa shape index (κ3) is 4.74. The summed E-state index contributed by atoms with van der Waals surface area (Å²) >= 11 is 0. The molecule has 4 rings (SSSR count). The molecule has 0 aliphatic heterocycles. The molecule has 2 aromatic carbocycles. The van der Waals surface area contributed by atoms with Crippen LogP contribution in [0.1, 0.15) is 66.8 Å². The standard InChI is InChI=1S/C25H26N2O4/c1-25(2,3)24-26-22(31-27-24)9-6-10-23(29)30-15-21(28)18-12-11-17-13-16-7-4-5-8-19(16)20(17)14-18/h4-5,7-8,11-12,14H,6,9-10,13,15H2,1-3H3. The van der Waals surface area contributed by atoms with Crippen LogP contribution in [-0.2, 0) is 27.8 Å². The van der Waals surface area contributed by atoms with Gasteiger partial charge in [-0.05, 0) is 41.2 Å². The smallest absolute Gasteiger partial charge is 0.306 e. The van der Waals surface area contributed by atoms with Crippen LogP contribution in [0.5, 0.6) is 0 Å². The Bertz CT molecular complexity index is 1120. The van der Waals surface area contributed by atoms with E-state index in [9.17, 15) is 9.59 Å². The maximum Gasteiger partial charge on any atom is 0.306 e. The number of esters is 1. The summed E-state index contributed by atoms with van der Waals surface area (Å²) in [5.41, 5.74) is 5.11. The molecule has 0 N–H and O–H groups in total. The Morgan fingerprint density at radius 1 is 1.06 bits per heavy atom. The van der Waals surface area contributed by atoms with Crippen LogP contribution in [0, 0.1) is 0 Å². The van der Waals surface area contributed by atoms with Crippen molar-refractivity contribution in [1.29, 1.82) is 0 Å². The second-order valence-corrected chi connectivity index (χ2v) is 8.90. The number of fused-ring (bicyclic) bond motifs is 3. The van der Waals surface area contributed by atoms with Gasteiger partial charge in [-0.2, -0.15) is 4.98 Å². The maximum absolute atomic E-state index is 12.5. The summed E-state index contributed by atoms with van der Waals surface area (Å²) in [6.45, 7) is 5.77. The fraction of sp³-hybridized carbons (Fsp3) is 0.360. The van der Waals surface area contributed by atoms with Gasteiger partial charge in [0.15, 0.2) is 18.2 Å². The van der Waals surface area contributed by atoms with Crippen LogP contribution < -0.4 is 0 Å². The molecule has 1 aromatic heterocycles. The summed E-state index contributed by atoms with van der Waals surface area (Å²) in [5, 5.41) is 3.97. The van der Waals surface area contributed by atoms with Crippen molar-refractivity contribution < 1.29 is 18.8 Å². The minimum Gasteiger partial charge on any atom is -0.457 e. The van der Waals surface area contributed by atoms with Gasteiger partial charge in [0.05, 0.1) is 0 Å². The van der Waals surface area contributed by atoms with Gasteiger partial charge < -0.3 is 9.26 Å². The fourth-order valence-electron chi connectivity index (χ4n) is 3.64. The largest absolute Gasteiger partial charge is 0.457 e. The third-order valence-corrected chi connectivity index (χ3v) is 5.39. The Balaban J connectivity index is 1.27. The number of carbonyl (C=O) groups is 2. The number of carbonyl (C=O) groups excluding carboxylic acids is 2. The summed E-state index contributed by atoms with van der Waals surface area (Å²) in [4.78, 5) is 28.9. The van der Waals surface area contributed by atoms with Crippen molar-refractivity contribution in [2.45, 2.75) is 51.9 Å². The number of ether oxygens (including phenoxy) is 1. The highest BCUT2D eigenvalue weighted by Gasteiger charge is 2.22. The Morgan fingerprint density at radius 3 is 2.61 bits per heavy atom. The number of hydrogen-bond acceptors (Lipinski definition) is 6. The minimum absolute atomic E-state index is 0.180. The molecule has 0 unspecified atom stereocenters. The normalized spacial score (nSPS) is 12.4. The molecule has 6 nitrogen and oxygen atoms in total. The molecule has 31 heavy (non-hydrogen) atoms. The average molecular weight is 418 g/mol. The average Bonchev–Trinajstić information content (AvgIpc) is 3.36. The molecule has 1 aliphatic carbocycles. The first-order valence-electron chi connectivity index (χ1n) is 10.5. The Labute approximate surface area is 181 Å². The number of nitrogens with zero attached hydrogens (tertiary/aromatic N) is 2. The highest BCUT2D eigenvalue weighted by molar-refractivity contribution is 5.99. The molecule has 0 spiro atoms. The van der Waals surface area contributed by atoms with Crippen molar-refractivity contribution in [2.75, 3.05) is 6.61 Å². The van der Waals surface area contributed by atoms with Crippen LogP contribution in [0.4, 0.5) is 0 Å². The van der Waals surface area contributed by atoms with Crippen molar-refractivity contribution in [3.63, 3.8) is 0 Å². The molecule has 6 heteroatoms. The molecule has 0 fully saturated rings. The minimum atomic E-state index is -0.407. The molecule has 0 saturated carbocycles. The van der Waals surface area contributed by atoms with E-state index in [1.54, 1.807) is 0 Å². The second-order valence-electron chi connectivity index (χ2n) is 8.90. The molecular weight excluding hydrogens is 392 g/mol. The van der Waals surface area contributed by atoms with Gasteiger partial charge in [-0.3, -0.25) is 9.59 Å². The van der Waals surface area contributed by atoms with E-state index in [1.165, 1.54) is 16.7 Å². The van der Waals surface area contributed by atoms with E-state index in [-0.39, 0.29) is 24.2 Å². The first kappa shape index (κ1) is 21.0. The molecule has 0 atom stereocenters. The maximum atomic E-state index is 12.5. The van der Waals surface area contributed by atoms with Crippen molar-refractivity contribution in [2.24, 2.45) is 0 Å². The number of Topliss-reactive ketones (excluding diaryl/α,β-unsaturated/α-hetero) is 1. The van der Waals surface area contributed by atoms with E-state index in [0.29, 0.717) is 30.1 Å². The quantitative estimate of drug-likeness (QED) is 0.320. The van der Waals surface area contributed by atoms with Crippen molar-refractivity contribution in [3.8, 4) is 11.1 Å². The molecule has 0 radical (unpaired) electrons. The van der Waals surface area contributed by atoms with Gasteiger partial charge >= 0.3 is 5.97 Å². The molecule has 0 saturated heterocycles. The predicted octanol–water partition coefficient (Wildman–Crippen LogP) is 4.69. The van der Waals surface area contributed by atoms with Gasteiger partial charge in [0.2, 0.25) is 5.89 Å². The second kappa shape index (κ2) is 8.46. The molecule has 1 heterocycles. The lowest BCUT2D eigenvalue weighted by molar-refractivity contribution is -0.142. The van der Waals surface area contributed by atoms with E-state index in [2.05, 4.69) is 22.3 Å². The Morgan fingerprint density at radius 2 is 1.84 bits per heavy atom. The van der Waals surface area contributed by atoms with Crippen LogP contribution in [0.2, 0.25) is 0 Å². The molecular formula is C25H26N2O4. The monoisotopic (exact) mass is 418 g/mol. The van der Waals surface area contributed by atoms with Crippen molar-refractivity contribution in [3.05, 3.63) is 70.9 Å². The van der Waals surface area contributed by atoms with Gasteiger partial charge in [0.1, 0.15) is 0 Å². The van der Waals surface area contributed by atoms with Crippen LogP contribution in [0.25, 0.3) is 11.1 Å². The van der Waals surface area contributed by atoms with Gasteiger partial charge in [-0.15, -0.1) is 0 Å². The van der Waals surface area contributed by atoms with Crippen LogP contribution >= 0.6 is 0 Å². The highest BCUT2D eigenvalue weighted by Crippen LogP contribution is 2.36. The fourth-order valence-corrected chi connectivity index (χ4v) is 3.64. The third-order valence-electron chi connectivity index (χ3n) is 5.39. The number of aryl methyl sites for hydroxylation is 1. The number of aromatic nitrogens is 2. The Hall–Kier alpha value is -3.28. The van der Waals surface area contributed by atoms with Crippen molar-refractivity contribution >= 4 is 11.8 Å². The molecule has 1 aliphatic rings. The summed E-state index contributed by atoms with van der Waals surface area (Å²) in [6.07, 6.45) is 2.09. The molecule has 160 valence electrons. The summed E-state index contributed by atoms with van der Waals surface area (Å²) in [7, 11) is 0. The summed E-state index contributed by atoms with van der Waals surface area (Å²) in [6, 6.07) is 13.9. The lowest BCUT2D eigenvalue weighted by Crippen LogP contribution is -2.14. The predicted molar refractivity (Wildman–Crippen MR) is 116 cm³/mol. The first-order valence-corrected chi connectivity index (χ1v) is 10.5. The zero-order valence-corrected chi connectivity index (χ0v) is 18.1. The van der Waals surface area contributed by atoms with Gasteiger partial charge in [0, 0.05) is 23.8 Å². The number of rotatable bonds is 7. The van der Waals surface area contributed by atoms with E-state index in [4.69, 9.17) is 9.26 Å². The lowest BCUT2D eigenvalue weighted by atomic mass is 9.96. The van der Waals surface area contributed by atoms with E-state index in [1.807, 2.05) is 51.1 Å². The van der Waals surface area contributed by atoms with E-state index >= 15 is 0 Å². The van der Waals surface area contributed by atoms with E-state index < -0.39 is 5.97 Å². The van der Waals surface area contributed by atoms with E-state index in [0.717, 1.165) is 12.0 Å².